The Kier molecular flexibility index (Phi) is 4.52. The Balaban J connectivity index is 1.58. The zero-order valence-corrected chi connectivity index (χ0v) is 15.1. The zero-order chi connectivity index (χ0) is 18.0. The van der Waals surface area contributed by atoms with Gasteiger partial charge in [0.05, 0.1) is 10.4 Å². The summed E-state index contributed by atoms with van der Waals surface area (Å²) in [5.74, 6) is 0.141. The van der Waals surface area contributed by atoms with E-state index < -0.39 is 5.41 Å². The third-order valence-electron chi connectivity index (χ3n) is 4.59. The van der Waals surface area contributed by atoms with Gasteiger partial charge in [-0.25, -0.2) is 4.98 Å². The molecule has 1 fully saturated rings. The Bertz CT molecular complexity index is 900. The van der Waals surface area contributed by atoms with Crippen molar-refractivity contribution in [2.75, 3.05) is 18.5 Å². The van der Waals surface area contributed by atoms with Crippen LogP contribution < -0.4 is 5.32 Å². The summed E-state index contributed by atoms with van der Waals surface area (Å²) < 4.78 is 11.1. The van der Waals surface area contributed by atoms with Gasteiger partial charge in [0, 0.05) is 18.6 Å². The van der Waals surface area contributed by atoms with Crippen LogP contribution in [0, 0.1) is 6.92 Å². The number of amides is 1. The SMILES string of the molecule is Cc1nc(-c2nnc(NC(=O)C3(c4ccccc4)CCOCC3)o2)cs1. The summed E-state index contributed by atoms with van der Waals surface area (Å²) in [7, 11) is 0. The van der Waals surface area contributed by atoms with Crippen LogP contribution in [0.3, 0.4) is 0 Å². The number of aromatic nitrogens is 3. The van der Waals surface area contributed by atoms with E-state index in [0.717, 1.165) is 10.6 Å². The summed E-state index contributed by atoms with van der Waals surface area (Å²) in [6.07, 6.45) is 1.21. The van der Waals surface area contributed by atoms with Crippen molar-refractivity contribution in [2.24, 2.45) is 0 Å². The fourth-order valence-corrected chi connectivity index (χ4v) is 3.77. The van der Waals surface area contributed by atoms with Gasteiger partial charge in [-0.05, 0) is 25.3 Å². The van der Waals surface area contributed by atoms with Gasteiger partial charge in [-0.2, -0.15) is 0 Å². The molecule has 1 aliphatic heterocycles. The highest BCUT2D eigenvalue weighted by molar-refractivity contribution is 7.09. The molecule has 7 nitrogen and oxygen atoms in total. The van der Waals surface area contributed by atoms with Gasteiger partial charge in [0.15, 0.2) is 0 Å². The second-order valence-corrected chi connectivity index (χ2v) is 7.24. The molecule has 8 heteroatoms. The lowest BCUT2D eigenvalue weighted by Crippen LogP contribution is -2.44. The molecule has 3 heterocycles. The van der Waals surface area contributed by atoms with E-state index in [1.54, 1.807) is 0 Å². The van der Waals surface area contributed by atoms with Gasteiger partial charge >= 0.3 is 6.01 Å². The summed E-state index contributed by atoms with van der Waals surface area (Å²) >= 11 is 1.50. The lowest BCUT2D eigenvalue weighted by Gasteiger charge is -2.35. The number of anilines is 1. The van der Waals surface area contributed by atoms with Gasteiger partial charge in [-0.3, -0.25) is 10.1 Å². The standard InChI is InChI=1S/C18H18N4O3S/c1-12-19-14(11-26-12)15-21-22-17(25-15)20-16(23)18(7-9-24-10-8-18)13-5-3-2-4-6-13/h2-6,11H,7-10H2,1H3,(H,20,22,23). The monoisotopic (exact) mass is 370 g/mol. The summed E-state index contributed by atoms with van der Waals surface area (Å²) in [5, 5.41) is 13.5. The van der Waals surface area contributed by atoms with Crippen LogP contribution in [0.5, 0.6) is 0 Å². The zero-order valence-electron chi connectivity index (χ0n) is 14.3. The number of nitrogens with one attached hydrogen (secondary N) is 1. The maximum atomic E-state index is 13.1. The number of hydrogen-bond acceptors (Lipinski definition) is 7. The molecule has 0 bridgehead atoms. The maximum Gasteiger partial charge on any atom is 0.322 e. The van der Waals surface area contributed by atoms with Crippen LogP contribution in [0.4, 0.5) is 6.01 Å². The molecule has 0 aliphatic carbocycles. The molecule has 0 saturated carbocycles. The normalized spacial score (nSPS) is 16.3. The largest absolute Gasteiger partial charge is 0.401 e. The molecule has 2 aromatic heterocycles. The van der Waals surface area contributed by atoms with Crippen LogP contribution in [-0.2, 0) is 14.9 Å². The Hall–Kier alpha value is -2.58. The van der Waals surface area contributed by atoms with E-state index in [0.29, 0.717) is 37.6 Å². The van der Waals surface area contributed by atoms with E-state index in [-0.39, 0.29) is 11.9 Å². The molecule has 4 rings (SSSR count). The van der Waals surface area contributed by atoms with Crippen LogP contribution in [0.1, 0.15) is 23.4 Å². The predicted molar refractivity (Wildman–Crippen MR) is 96.9 cm³/mol. The first-order chi connectivity index (χ1) is 12.7. The minimum absolute atomic E-state index is 0.0810. The number of rotatable bonds is 4. The number of ether oxygens (including phenoxy) is 1. The second kappa shape index (κ2) is 6.97. The molecule has 0 radical (unpaired) electrons. The molecule has 1 aliphatic rings. The fraction of sp³-hybridized carbons (Fsp3) is 0.333. The van der Waals surface area contributed by atoms with Crippen LogP contribution in [0.2, 0.25) is 0 Å². The van der Waals surface area contributed by atoms with Gasteiger partial charge in [0.25, 0.3) is 5.89 Å². The minimum Gasteiger partial charge on any atom is -0.401 e. The molecule has 26 heavy (non-hydrogen) atoms. The molecule has 134 valence electrons. The van der Waals surface area contributed by atoms with Crippen molar-refractivity contribution in [2.45, 2.75) is 25.2 Å². The van der Waals surface area contributed by atoms with Crippen LogP contribution in [0.15, 0.2) is 40.1 Å². The van der Waals surface area contributed by atoms with E-state index in [4.69, 9.17) is 9.15 Å². The van der Waals surface area contributed by atoms with Crippen LogP contribution in [-0.4, -0.2) is 34.3 Å². The van der Waals surface area contributed by atoms with E-state index in [1.165, 1.54) is 11.3 Å². The highest BCUT2D eigenvalue weighted by Gasteiger charge is 2.42. The highest BCUT2D eigenvalue weighted by atomic mass is 32.1. The van der Waals surface area contributed by atoms with Crippen molar-refractivity contribution in [3.8, 4) is 11.6 Å². The number of nitrogens with zero attached hydrogens (tertiary/aromatic N) is 3. The van der Waals surface area contributed by atoms with Gasteiger partial charge in [0.2, 0.25) is 5.91 Å². The first-order valence-electron chi connectivity index (χ1n) is 8.38. The lowest BCUT2D eigenvalue weighted by atomic mass is 9.73. The first-order valence-corrected chi connectivity index (χ1v) is 9.26. The third-order valence-corrected chi connectivity index (χ3v) is 5.36. The van der Waals surface area contributed by atoms with Crippen molar-refractivity contribution < 1.29 is 13.9 Å². The molecule has 3 aromatic rings. The number of carbonyl (C=O) groups excluding carboxylic acids is 1. The predicted octanol–water partition coefficient (Wildman–Crippen LogP) is 3.19. The van der Waals surface area contributed by atoms with Crippen molar-refractivity contribution in [1.29, 1.82) is 0 Å². The Labute approximate surface area is 154 Å². The molecule has 1 saturated heterocycles. The molecule has 0 unspecified atom stereocenters. The molecular weight excluding hydrogens is 352 g/mol. The Morgan fingerprint density at radius 3 is 2.65 bits per heavy atom. The number of hydrogen-bond donors (Lipinski definition) is 1. The van der Waals surface area contributed by atoms with Gasteiger partial charge < -0.3 is 9.15 Å². The van der Waals surface area contributed by atoms with Gasteiger partial charge in [-0.15, -0.1) is 16.4 Å². The summed E-state index contributed by atoms with van der Waals surface area (Å²) in [6.45, 7) is 2.98. The van der Waals surface area contributed by atoms with E-state index >= 15 is 0 Å². The topological polar surface area (TPSA) is 90.1 Å². The Morgan fingerprint density at radius 2 is 1.96 bits per heavy atom. The van der Waals surface area contributed by atoms with E-state index in [2.05, 4.69) is 20.5 Å². The Morgan fingerprint density at radius 1 is 1.19 bits per heavy atom. The third kappa shape index (κ3) is 3.13. The smallest absolute Gasteiger partial charge is 0.322 e. The molecular formula is C18H18N4O3S. The molecule has 0 atom stereocenters. The average Bonchev–Trinajstić information content (AvgIpc) is 3.32. The summed E-state index contributed by atoms with van der Waals surface area (Å²) in [6, 6.07) is 9.85. The highest BCUT2D eigenvalue weighted by Crippen LogP contribution is 2.36. The lowest BCUT2D eigenvalue weighted by molar-refractivity contribution is -0.125. The second-order valence-electron chi connectivity index (χ2n) is 6.18. The van der Waals surface area contributed by atoms with Crippen LogP contribution in [0.25, 0.3) is 11.6 Å². The molecule has 1 N–H and O–H groups in total. The van der Waals surface area contributed by atoms with E-state index in [1.807, 2.05) is 42.6 Å². The summed E-state index contributed by atoms with van der Waals surface area (Å²) in [4.78, 5) is 17.4. The molecule has 1 amide bonds. The first kappa shape index (κ1) is 16.9. The number of carbonyl (C=O) groups is 1. The average molecular weight is 370 g/mol. The van der Waals surface area contributed by atoms with Crippen molar-refractivity contribution in [3.05, 3.63) is 46.3 Å². The van der Waals surface area contributed by atoms with Gasteiger partial charge in [-0.1, -0.05) is 35.4 Å². The fourth-order valence-electron chi connectivity index (χ4n) is 3.18. The maximum absolute atomic E-state index is 13.1. The van der Waals surface area contributed by atoms with Crippen molar-refractivity contribution in [1.82, 2.24) is 15.2 Å². The number of aryl methyl sites for hydroxylation is 1. The van der Waals surface area contributed by atoms with E-state index in [9.17, 15) is 4.79 Å². The number of benzene rings is 1. The van der Waals surface area contributed by atoms with Gasteiger partial charge in [0.1, 0.15) is 5.69 Å². The van der Waals surface area contributed by atoms with Crippen LogP contribution >= 0.6 is 11.3 Å². The quantitative estimate of drug-likeness (QED) is 0.758. The summed E-state index contributed by atoms with van der Waals surface area (Å²) in [5.41, 5.74) is 0.922. The molecule has 0 spiro atoms. The molecule has 1 aromatic carbocycles. The van der Waals surface area contributed by atoms with Crippen molar-refractivity contribution >= 4 is 23.3 Å². The minimum atomic E-state index is -0.661. The van der Waals surface area contributed by atoms with Crippen molar-refractivity contribution in [3.63, 3.8) is 0 Å². The number of thiazole rings is 1.